The van der Waals surface area contributed by atoms with E-state index in [2.05, 4.69) is 41.0 Å². The second-order valence-corrected chi connectivity index (χ2v) is 5.26. The van der Waals surface area contributed by atoms with Crippen LogP contribution in [0.4, 0.5) is 0 Å². The lowest BCUT2D eigenvalue weighted by Gasteiger charge is -2.39. The van der Waals surface area contributed by atoms with Gasteiger partial charge in [0.2, 0.25) is 0 Å². The van der Waals surface area contributed by atoms with Gasteiger partial charge in [-0.1, -0.05) is 0 Å². The molecule has 0 radical (unpaired) electrons. The average Bonchev–Trinajstić information content (AvgIpc) is 2.41. The minimum atomic E-state index is 0.344. The van der Waals surface area contributed by atoms with Gasteiger partial charge in [0.05, 0.1) is 0 Å². The van der Waals surface area contributed by atoms with Crippen molar-refractivity contribution in [3.05, 3.63) is 30.1 Å². The van der Waals surface area contributed by atoms with Crippen molar-refractivity contribution in [3.63, 3.8) is 0 Å². The predicted molar refractivity (Wildman–Crippen MR) is 74.3 cm³/mol. The first kappa shape index (κ1) is 13.5. The molecule has 0 amide bonds. The third kappa shape index (κ3) is 3.07. The van der Waals surface area contributed by atoms with Crippen LogP contribution in [0.2, 0.25) is 0 Å². The topological polar surface area (TPSA) is 45.4 Å². The normalized spacial score (nSPS) is 20.2. The minimum Gasteiger partial charge on any atom is -0.329 e. The molecule has 1 aliphatic heterocycles. The van der Waals surface area contributed by atoms with Crippen LogP contribution in [0.15, 0.2) is 24.5 Å². The molecule has 1 unspecified atom stereocenters. The van der Waals surface area contributed by atoms with Gasteiger partial charge in [-0.3, -0.25) is 9.88 Å². The first-order valence-corrected chi connectivity index (χ1v) is 6.73. The Labute approximate surface area is 110 Å². The van der Waals surface area contributed by atoms with E-state index in [9.17, 15) is 0 Å². The summed E-state index contributed by atoms with van der Waals surface area (Å²) in [5, 5.41) is 0. The first-order valence-electron chi connectivity index (χ1n) is 6.73. The van der Waals surface area contributed by atoms with Gasteiger partial charge in [-0.05, 0) is 44.6 Å². The molecular formula is C14H24N4. The number of likely N-dealkylation sites (tertiary alicyclic amines) is 1. The van der Waals surface area contributed by atoms with E-state index in [-0.39, 0.29) is 0 Å². The summed E-state index contributed by atoms with van der Waals surface area (Å²) in [5.74, 6) is 0. The van der Waals surface area contributed by atoms with E-state index in [1.807, 2.05) is 12.4 Å². The fourth-order valence-electron chi connectivity index (χ4n) is 2.80. The Balaban J connectivity index is 1.99. The average molecular weight is 248 g/mol. The van der Waals surface area contributed by atoms with Crippen LogP contribution in [0.5, 0.6) is 0 Å². The number of piperidine rings is 1. The fourth-order valence-corrected chi connectivity index (χ4v) is 2.80. The summed E-state index contributed by atoms with van der Waals surface area (Å²) in [4.78, 5) is 8.92. The van der Waals surface area contributed by atoms with Gasteiger partial charge in [0.15, 0.2) is 0 Å². The van der Waals surface area contributed by atoms with E-state index in [1.165, 1.54) is 18.4 Å². The predicted octanol–water partition coefficient (Wildman–Crippen LogP) is 1.11. The molecule has 1 aromatic heterocycles. The van der Waals surface area contributed by atoms with Crippen LogP contribution in [0.25, 0.3) is 0 Å². The molecule has 1 aliphatic rings. The van der Waals surface area contributed by atoms with Crippen molar-refractivity contribution in [1.29, 1.82) is 0 Å². The van der Waals surface area contributed by atoms with E-state index < -0.39 is 0 Å². The molecule has 1 fully saturated rings. The number of nitrogens with zero attached hydrogens (tertiary/aromatic N) is 3. The van der Waals surface area contributed by atoms with Gasteiger partial charge in [0.25, 0.3) is 0 Å². The second-order valence-electron chi connectivity index (χ2n) is 5.26. The Morgan fingerprint density at radius 2 is 1.94 bits per heavy atom. The van der Waals surface area contributed by atoms with Gasteiger partial charge in [-0.2, -0.15) is 0 Å². The number of aromatic nitrogens is 1. The maximum atomic E-state index is 5.96. The van der Waals surface area contributed by atoms with E-state index >= 15 is 0 Å². The van der Waals surface area contributed by atoms with Crippen LogP contribution >= 0.6 is 0 Å². The molecule has 2 rings (SSSR count). The highest BCUT2D eigenvalue weighted by Crippen LogP contribution is 2.24. The quantitative estimate of drug-likeness (QED) is 0.867. The van der Waals surface area contributed by atoms with Crippen molar-refractivity contribution in [1.82, 2.24) is 14.8 Å². The molecule has 18 heavy (non-hydrogen) atoms. The second kappa shape index (κ2) is 6.27. The molecular weight excluding hydrogens is 224 g/mol. The zero-order chi connectivity index (χ0) is 13.0. The summed E-state index contributed by atoms with van der Waals surface area (Å²) < 4.78 is 0. The summed E-state index contributed by atoms with van der Waals surface area (Å²) in [5.41, 5.74) is 7.25. The third-order valence-electron chi connectivity index (χ3n) is 3.98. The van der Waals surface area contributed by atoms with Crippen molar-refractivity contribution in [2.75, 3.05) is 33.7 Å². The fraction of sp³-hybridized carbons (Fsp3) is 0.643. The standard InChI is InChI=1S/C14H24N4/c1-17(2)13-5-9-18(10-6-13)14(11-15)12-3-7-16-8-4-12/h3-4,7-8,13-14H,5-6,9-11,15H2,1-2H3. The summed E-state index contributed by atoms with van der Waals surface area (Å²) in [6.07, 6.45) is 6.16. The Hall–Kier alpha value is -0.970. The molecule has 0 saturated carbocycles. The summed E-state index contributed by atoms with van der Waals surface area (Å²) in [7, 11) is 4.34. The lowest BCUT2D eigenvalue weighted by Crippen LogP contribution is -2.45. The molecule has 4 nitrogen and oxygen atoms in total. The van der Waals surface area contributed by atoms with Crippen LogP contribution in [0.1, 0.15) is 24.4 Å². The zero-order valence-electron chi connectivity index (χ0n) is 11.4. The molecule has 1 aromatic rings. The SMILES string of the molecule is CN(C)C1CCN(C(CN)c2ccncc2)CC1. The molecule has 0 spiro atoms. The monoisotopic (exact) mass is 248 g/mol. The van der Waals surface area contributed by atoms with Gasteiger partial charge in [0, 0.05) is 44.1 Å². The highest BCUT2D eigenvalue weighted by molar-refractivity contribution is 5.16. The lowest BCUT2D eigenvalue weighted by atomic mass is 9.99. The van der Waals surface area contributed by atoms with Crippen LogP contribution < -0.4 is 5.73 Å². The maximum Gasteiger partial charge on any atom is 0.0471 e. The van der Waals surface area contributed by atoms with Gasteiger partial charge in [-0.15, -0.1) is 0 Å². The van der Waals surface area contributed by atoms with E-state index in [0.717, 1.165) is 19.1 Å². The van der Waals surface area contributed by atoms with Crippen molar-refractivity contribution in [2.24, 2.45) is 5.73 Å². The smallest absolute Gasteiger partial charge is 0.0471 e. The largest absolute Gasteiger partial charge is 0.329 e. The van der Waals surface area contributed by atoms with Gasteiger partial charge in [0.1, 0.15) is 0 Å². The Kier molecular flexibility index (Phi) is 4.69. The van der Waals surface area contributed by atoms with Crippen molar-refractivity contribution in [2.45, 2.75) is 24.9 Å². The van der Waals surface area contributed by atoms with Gasteiger partial charge in [-0.25, -0.2) is 0 Å². The molecule has 4 heteroatoms. The molecule has 0 bridgehead atoms. The number of hydrogen-bond donors (Lipinski definition) is 1. The van der Waals surface area contributed by atoms with Crippen molar-refractivity contribution >= 4 is 0 Å². The maximum absolute atomic E-state index is 5.96. The van der Waals surface area contributed by atoms with E-state index in [1.54, 1.807) is 0 Å². The first-order chi connectivity index (χ1) is 8.72. The summed E-state index contributed by atoms with van der Waals surface area (Å²) >= 11 is 0. The molecule has 2 heterocycles. The Bertz CT molecular complexity index is 344. The molecule has 2 N–H and O–H groups in total. The van der Waals surface area contributed by atoms with Gasteiger partial charge < -0.3 is 10.6 Å². The highest BCUT2D eigenvalue weighted by atomic mass is 15.2. The molecule has 100 valence electrons. The minimum absolute atomic E-state index is 0.344. The van der Waals surface area contributed by atoms with Crippen LogP contribution in [0.3, 0.4) is 0 Å². The van der Waals surface area contributed by atoms with Crippen LogP contribution in [0, 0.1) is 0 Å². The summed E-state index contributed by atoms with van der Waals surface area (Å²) in [6.45, 7) is 2.94. The Morgan fingerprint density at radius 3 is 2.44 bits per heavy atom. The third-order valence-corrected chi connectivity index (χ3v) is 3.98. The van der Waals surface area contributed by atoms with E-state index in [4.69, 9.17) is 5.73 Å². The van der Waals surface area contributed by atoms with Crippen LogP contribution in [-0.4, -0.2) is 54.6 Å². The zero-order valence-corrected chi connectivity index (χ0v) is 11.4. The molecule has 1 saturated heterocycles. The number of nitrogens with two attached hydrogens (primary N) is 1. The molecule has 0 aromatic carbocycles. The highest BCUT2D eigenvalue weighted by Gasteiger charge is 2.25. The number of hydrogen-bond acceptors (Lipinski definition) is 4. The summed E-state index contributed by atoms with van der Waals surface area (Å²) in [6, 6.07) is 5.22. The van der Waals surface area contributed by atoms with Crippen molar-refractivity contribution < 1.29 is 0 Å². The Morgan fingerprint density at radius 1 is 1.33 bits per heavy atom. The van der Waals surface area contributed by atoms with Gasteiger partial charge >= 0.3 is 0 Å². The van der Waals surface area contributed by atoms with Crippen molar-refractivity contribution in [3.8, 4) is 0 Å². The molecule has 0 aliphatic carbocycles. The number of pyridine rings is 1. The number of rotatable bonds is 4. The van der Waals surface area contributed by atoms with Crippen LogP contribution in [-0.2, 0) is 0 Å². The lowest BCUT2D eigenvalue weighted by molar-refractivity contribution is 0.111. The molecule has 1 atom stereocenters. The van der Waals surface area contributed by atoms with E-state index in [0.29, 0.717) is 12.6 Å².